The summed E-state index contributed by atoms with van der Waals surface area (Å²) in [5.74, 6) is 0.610. The summed E-state index contributed by atoms with van der Waals surface area (Å²) in [7, 11) is 1.57. The van der Waals surface area contributed by atoms with Crippen molar-refractivity contribution in [3.8, 4) is 5.75 Å². The van der Waals surface area contributed by atoms with E-state index in [4.69, 9.17) is 21.4 Å². The van der Waals surface area contributed by atoms with Crippen molar-refractivity contribution in [3.05, 3.63) is 28.8 Å². The molecule has 1 aromatic carbocycles. The molecule has 0 heterocycles. The van der Waals surface area contributed by atoms with Gasteiger partial charge in [-0.1, -0.05) is 17.7 Å². The van der Waals surface area contributed by atoms with Crippen LogP contribution in [0.15, 0.2) is 18.2 Å². The second kappa shape index (κ2) is 8.02. The minimum atomic E-state index is -0.0205. The molecule has 2 N–H and O–H groups in total. The van der Waals surface area contributed by atoms with Crippen molar-refractivity contribution >= 4 is 17.5 Å². The van der Waals surface area contributed by atoms with Gasteiger partial charge in [0.25, 0.3) is 0 Å². The molecule has 1 atom stereocenters. The zero-order chi connectivity index (χ0) is 14.3. The van der Waals surface area contributed by atoms with Crippen molar-refractivity contribution in [2.75, 3.05) is 13.7 Å². The molecule has 1 unspecified atom stereocenters. The molecular weight excluding hydrogens is 266 g/mol. The molecule has 0 saturated heterocycles. The number of carbonyl (C=O) groups excluding carboxylic acids is 1. The average Bonchev–Trinajstić information content (AvgIpc) is 2.36. The molecule has 0 radical (unpaired) electrons. The van der Waals surface area contributed by atoms with E-state index in [-0.39, 0.29) is 18.6 Å². The highest BCUT2D eigenvalue weighted by molar-refractivity contribution is 6.32. The first kappa shape index (κ1) is 15.8. The number of rotatable bonds is 7. The Bertz CT molecular complexity index is 423. The summed E-state index contributed by atoms with van der Waals surface area (Å²) < 4.78 is 5.07. The number of amides is 1. The van der Waals surface area contributed by atoms with E-state index in [1.165, 1.54) is 0 Å². The Morgan fingerprint density at radius 2 is 2.26 bits per heavy atom. The van der Waals surface area contributed by atoms with Gasteiger partial charge in [-0.2, -0.15) is 0 Å². The summed E-state index contributed by atoms with van der Waals surface area (Å²) in [5, 5.41) is 12.1. The van der Waals surface area contributed by atoms with E-state index in [0.717, 1.165) is 5.56 Å². The number of methoxy groups -OCH3 is 1. The first-order chi connectivity index (χ1) is 9.06. The number of aryl methyl sites for hydroxylation is 1. The number of halogens is 1. The molecule has 4 nitrogen and oxygen atoms in total. The molecule has 0 aromatic heterocycles. The highest BCUT2D eigenvalue weighted by atomic mass is 35.5. The number of benzene rings is 1. The van der Waals surface area contributed by atoms with Crippen molar-refractivity contribution in [2.45, 2.75) is 32.2 Å². The lowest BCUT2D eigenvalue weighted by Gasteiger charge is -2.12. The molecule has 1 aromatic rings. The third kappa shape index (κ3) is 5.49. The van der Waals surface area contributed by atoms with Gasteiger partial charge in [0.15, 0.2) is 0 Å². The van der Waals surface area contributed by atoms with Gasteiger partial charge in [0.1, 0.15) is 5.75 Å². The third-order valence-corrected chi connectivity index (χ3v) is 3.12. The first-order valence-corrected chi connectivity index (χ1v) is 6.67. The van der Waals surface area contributed by atoms with Crippen molar-refractivity contribution in [3.63, 3.8) is 0 Å². The summed E-state index contributed by atoms with van der Waals surface area (Å²) in [6, 6.07) is 5.50. The zero-order valence-corrected chi connectivity index (χ0v) is 12.0. The number of aliphatic hydroxyl groups is 1. The van der Waals surface area contributed by atoms with Gasteiger partial charge in [0.2, 0.25) is 5.91 Å². The second-order valence-corrected chi connectivity index (χ2v) is 4.86. The molecule has 5 heteroatoms. The van der Waals surface area contributed by atoms with E-state index < -0.39 is 0 Å². The molecule has 0 fully saturated rings. The standard InChI is InChI=1S/C14H20ClNO3/c1-10(7-8-17)16-14(18)6-4-11-3-5-13(19-2)12(15)9-11/h3,5,9-10,17H,4,6-8H2,1-2H3,(H,16,18). The summed E-state index contributed by atoms with van der Waals surface area (Å²) in [6.45, 7) is 1.95. The predicted molar refractivity (Wildman–Crippen MR) is 75.6 cm³/mol. The fraction of sp³-hybridized carbons (Fsp3) is 0.500. The smallest absolute Gasteiger partial charge is 0.220 e. The van der Waals surface area contributed by atoms with Crippen molar-refractivity contribution < 1.29 is 14.6 Å². The van der Waals surface area contributed by atoms with Crippen LogP contribution >= 0.6 is 11.6 Å². The Labute approximate surface area is 118 Å². The van der Waals surface area contributed by atoms with E-state index in [2.05, 4.69) is 5.32 Å². The largest absolute Gasteiger partial charge is 0.495 e. The molecule has 0 aliphatic rings. The third-order valence-electron chi connectivity index (χ3n) is 2.83. The SMILES string of the molecule is COc1ccc(CCC(=O)NC(C)CCO)cc1Cl. The number of carbonyl (C=O) groups is 1. The number of hydrogen-bond acceptors (Lipinski definition) is 3. The number of aliphatic hydroxyl groups excluding tert-OH is 1. The summed E-state index contributed by atoms with van der Waals surface area (Å²) in [4.78, 5) is 11.7. The molecule has 0 bridgehead atoms. The van der Waals surface area contributed by atoms with Gasteiger partial charge in [-0.05, 0) is 37.5 Å². The van der Waals surface area contributed by atoms with Crippen molar-refractivity contribution in [1.82, 2.24) is 5.32 Å². The lowest BCUT2D eigenvalue weighted by atomic mass is 10.1. The van der Waals surface area contributed by atoms with Crippen LogP contribution in [0.4, 0.5) is 0 Å². The van der Waals surface area contributed by atoms with E-state index in [9.17, 15) is 4.79 Å². The Morgan fingerprint density at radius 3 is 2.84 bits per heavy atom. The van der Waals surface area contributed by atoms with Crippen LogP contribution in [0.3, 0.4) is 0 Å². The van der Waals surface area contributed by atoms with E-state index in [1.54, 1.807) is 13.2 Å². The van der Waals surface area contributed by atoms with Crippen LogP contribution < -0.4 is 10.1 Å². The fourth-order valence-corrected chi connectivity index (χ4v) is 2.02. The average molecular weight is 286 g/mol. The summed E-state index contributed by atoms with van der Waals surface area (Å²) >= 11 is 6.02. The Hall–Kier alpha value is -1.26. The maximum absolute atomic E-state index is 11.7. The van der Waals surface area contributed by atoms with Gasteiger partial charge < -0.3 is 15.2 Å². The van der Waals surface area contributed by atoms with Gasteiger partial charge in [-0.25, -0.2) is 0 Å². The number of hydrogen-bond donors (Lipinski definition) is 2. The predicted octanol–water partition coefficient (Wildman–Crippen LogP) is 2.17. The fourth-order valence-electron chi connectivity index (χ4n) is 1.74. The molecule has 0 saturated carbocycles. The van der Waals surface area contributed by atoms with E-state index in [0.29, 0.717) is 30.0 Å². The molecule has 1 amide bonds. The Kier molecular flexibility index (Phi) is 6.67. The molecule has 106 valence electrons. The maximum atomic E-state index is 11.7. The molecular formula is C14H20ClNO3. The minimum Gasteiger partial charge on any atom is -0.495 e. The minimum absolute atomic E-state index is 0.00282. The first-order valence-electron chi connectivity index (χ1n) is 6.29. The van der Waals surface area contributed by atoms with Gasteiger partial charge in [0.05, 0.1) is 12.1 Å². The molecule has 1 rings (SSSR count). The second-order valence-electron chi connectivity index (χ2n) is 4.45. The van der Waals surface area contributed by atoms with Crippen LogP contribution in [-0.2, 0) is 11.2 Å². The Morgan fingerprint density at radius 1 is 1.53 bits per heavy atom. The van der Waals surface area contributed by atoms with Crippen LogP contribution in [-0.4, -0.2) is 30.8 Å². The highest BCUT2D eigenvalue weighted by Gasteiger charge is 2.08. The van der Waals surface area contributed by atoms with Crippen LogP contribution in [0.5, 0.6) is 5.75 Å². The number of nitrogens with one attached hydrogen (secondary N) is 1. The summed E-state index contributed by atoms with van der Waals surface area (Å²) in [5.41, 5.74) is 0.996. The van der Waals surface area contributed by atoms with E-state index >= 15 is 0 Å². The van der Waals surface area contributed by atoms with Gasteiger partial charge >= 0.3 is 0 Å². The van der Waals surface area contributed by atoms with Crippen LogP contribution in [0.25, 0.3) is 0 Å². The van der Waals surface area contributed by atoms with E-state index in [1.807, 2.05) is 19.1 Å². The van der Waals surface area contributed by atoms with Gasteiger partial charge in [0, 0.05) is 19.1 Å². The van der Waals surface area contributed by atoms with Crippen LogP contribution in [0.2, 0.25) is 5.02 Å². The topological polar surface area (TPSA) is 58.6 Å². The zero-order valence-electron chi connectivity index (χ0n) is 11.3. The molecule has 19 heavy (non-hydrogen) atoms. The maximum Gasteiger partial charge on any atom is 0.220 e. The van der Waals surface area contributed by atoms with Gasteiger partial charge in [-0.15, -0.1) is 0 Å². The lowest BCUT2D eigenvalue weighted by Crippen LogP contribution is -2.33. The molecule has 0 aliphatic heterocycles. The van der Waals surface area contributed by atoms with Crippen molar-refractivity contribution in [2.24, 2.45) is 0 Å². The van der Waals surface area contributed by atoms with Crippen molar-refractivity contribution in [1.29, 1.82) is 0 Å². The lowest BCUT2D eigenvalue weighted by molar-refractivity contribution is -0.121. The van der Waals surface area contributed by atoms with Gasteiger partial charge in [-0.3, -0.25) is 4.79 Å². The van der Waals surface area contributed by atoms with Crippen LogP contribution in [0.1, 0.15) is 25.3 Å². The molecule has 0 spiro atoms. The normalized spacial score (nSPS) is 12.0. The quantitative estimate of drug-likeness (QED) is 0.807. The summed E-state index contributed by atoms with van der Waals surface area (Å²) in [6.07, 6.45) is 1.60. The highest BCUT2D eigenvalue weighted by Crippen LogP contribution is 2.25. The number of ether oxygens (including phenoxy) is 1. The van der Waals surface area contributed by atoms with Crippen LogP contribution in [0, 0.1) is 0 Å². The molecule has 0 aliphatic carbocycles. The Balaban J connectivity index is 2.44. The monoisotopic (exact) mass is 285 g/mol.